The van der Waals surface area contributed by atoms with Crippen molar-refractivity contribution in [3.05, 3.63) is 83.9 Å². The van der Waals surface area contributed by atoms with E-state index in [-0.39, 0.29) is 18.5 Å². The molecule has 2 aliphatic rings. The van der Waals surface area contributed by atoms with Crippen LogP contribution in [0.3, 0.4) is 0 Å². The van der Waals surface area contributed by atoms with Crippen molar-refractivity contribution in [2.45, 2.75) is 37.9 Å². The maximum atomic E-state index is 13.8. The molecule has 8 nitrogen and oxygen atoms in total. The monoisotopic (exact) mass is 458 g/mol. The first-order valence-corrected chi connectivity index (χ1v) is 11.8. The van der Waals surface area contributed by atoms with Crippen molar-refractivity contribution >= 4 is 11.9 Å². The number of aryl methyl sites for hydroxylation is 1. The van der Waals surface area contributed by atoms with E-state index >= 15 is 0 Å². The Balaban J connectivity index is 1.35. The number of likely N-dealkylation sites (tertiary alicyclic amines) is 1. The Morgan fingerprint density at radius 2 is 1.71 bits per heavy atom. The smallest absolute Gasteiger partial charge is 0.309 e. The van der Waals surface area contributed by atoms with Gasteiger partial charge in [-0.3, -0.25) is 24.3 Å². The van der Waals surface area contributed by atoms with Crippen LogP contribution >= 0.6 is 0 Å². The van der Waals surface area contributed by atoms with Gasteiger partial charge >= 0.3 is 6.03 Å². The lowest BCUT2D eigenvalue weighted by Gasteiger charge is -2.42. The minimum atomic E-state index is -0.786. The summed E-state index contributed by atoms with van der Waals surface area (Å²) in [6.07, 6.45) is 7.58. The van der Waals surface area contributed by atoms with Gasteiger partial charge in [0.2, 0.25) is 0 Å². The largest absolute Gasteiger partial charge is 0.328 e. The number of imide groups is 1. The van der Waals surface area contributed by atoms with E-state index in [1.54, 1.807) is 10.9 Å². The molecule has 2 fully saturated rings. The highest BCUT2D eigenvalue weighted by Gasteiger charge is 2.57. The predicted octanol–water partition coefficient (Wildman–Crippen LogP) is 2.86. The topological polar surface area (TPSA) is 74.6 Å². The molecule has 2 aliphatic heterocycles. The number of carbonyl (C=O) groups excluding carboxylic acids is 2. The summed E-state index contributed by atoms with van der Waals surface area (Å²) in [6.45, 7) is 3.05. The number of hydrogen-bond acceptors (Lipinski definition) is 5. The normalized spacial score (nSPS) is 18.3. The van der Waals surface area contributed by atoms with Gasteiger partial charge in [-0.15, -0.1) is 0 Å². The quantitative estimate of drug-likeness (QED) is 0.509. The van der Waals surface area contributed by atoms with Gasteiger partial charge in [-0.05, 0) is 37.0 Å². The first-order chi connectivity index (χ1) is 16.5. The van der Waals surface area contributed by atoms with Crippen LogP contribution in [-0.2, 0) is 31.4 Å². The summed E-state index contributed by atoms with van der Waals surface area (Å²) < 4.78 is 1.81. The van der Waals surface area contributed by atoms with Crippen LogP contribution in [0.5, 0.6) is 0 Å². The van der Waals surface area contributed by atoms with Gasteiger partial charge in [0.05, 0.1) is 18.4 Å². The fraction of sp³-hybridized carbons (Fsp3) is 0.385. The predicted molar refractivity (Wildman–Crippen MR) is 127 cm³/mol. The molecule has 4 heterocycles. The molecule has 0 bridgehead atoms. The van der Waals surface area contributed by atoms with Crippen LogP contribution in [0.1, 0.15) is 29.7 Å². The zero-order chi connectivity index (χ0) is 23.5. The van der Waals surface area contributed by atoms with Crippen LogP contribution in [-0.4, -0.2) is 66.6 Å². The number of urea groups is 1. The van der Waals surface area contributed by atoms with Gasteiger partial charge < -0.3 is 4.90 Å². The SMILES string of the molecule is Cn1cc(CN2CCC3(CC2)C(=O)N(Cc2ccccn2)C(=O)N3CCc2ccccc2)cn1. The number of aromatic nitrogens is 3. The van der Waals surface area contributed by atoms with E-state index in [1.807, 2.05) is 60.7 Å². The Hall–Kier alpha value is -3.52. The van der Waals surface area contributed by atoms with Crippen LogP contribution in [0.25, 0.3) is 0 Å². The number of nitrogens with zero attached hydrogens (tertiary/aromatic N) is 6. The molecule has 0 saturated carbocycles. The number of rotatable bonds is 7. The fourth-order valence-corrected chi connectivity index (χ4v) is 5.15. The van der Waals surface area contributed by atoms with Crippen LogP contribution in [0.4, 0.5) is 4.79 Å². The van der Waals surface area contributed by atoms with E-state index in [4.69, 9.17) is 0 Å². The van der Waals surface area contributed by atoms with Crippen molar-refractivity contribution in [1.29, 1.82) is 0 Å². The van der Waals surface area contributed by atoms with Crippen LogP contribution in [0, 0.1) is 0 Å². The highest BCUT2D eigenvalue weighted by atomic mass is 16.2. The summed E-state index contributed by atoms with van der Waals surface area (Å²) in [5.74, 6) is -0.0859. The van der Waals surface area contributed by atoms with Crippen molar-refractivity contribution < 1.29 is 9.59 Å². The van der Waals surface area contributed by atoms with Crippen molar-refractivity contribution in [2.75, 3.05) is 19.6 Å². The minimum Gasteiger partial charge on any atom is -0.309 e. The molecule has 3 amide bonds. The van der Waals surface area contributed by atoms with Gasteiger partial charge in [-0.2, -0.15) is 5.10 Å². The molecule has 8 heteroatoms. The number of carbonyl (C=O) groups is 2. The average Bonchev–Trinajstić information content (AvgIpc) is 3.35. The molecule has 2 saturated heterocycles. The Bertz CT molecular complexity index is 1140. The lowest BCUT2D eigenvalue weighted by Crippen LogP contribution is -2.56. The molecule has 1 aromatic carbocycles. The zero-order valence-electron chi connectivity index (χ0n) is 19.5. The maximum absolute atomic E-state index is 13.8. The van der Waals surface area contributed by atoms with Gasteiger partial charge in [0.1, 0.15) is 5.54 Å². The highest BCUT2D eigenvalue weighted by Crippen LogP contribution is 2.38. The third-order valence-electron chi connectivity index (χ3n) is 6.98. The van der Waals surface area contributed by atoms with Gasteiger partial charge in [0, 0.05) is 51.2 Å². The first kappa shape index (κ1) is 22.3. The van der Waals surface area contributed by atoms with Gasteiger partial charge in [0.15, 0.2) is 0 Å². The second kappa shape index (κ2) is 9.38. The van der Waals surface area contributed by atoms with Gasteiger partial charge in [-0.25, -0.2) is 4.79 Å². The lowest BCUT2D eigenvalue weighted by atomic mass is 9.85. The standard InChI is InChI=1S/C26H30N6O2/c1-29-18-22(17-28-29)19-30-15-11-26(12-16-30)24(33)31(20-23-9-5-6-13-27-23)25(34)32(26)14-10-21-7-3-2-4-8-21/h2-9,13,17-18H,10-12,14-16,19-20H2,1H3. The van der Waals surface area contributed by atoms with Crippen molar-refractivity contribution in [2.24, 2.45) is 7.05 Å². The Kier molecular flexibility index (Phi) is 6.15. The van der Waals surface area contributed by atoms with E-state index in [0.717, 1.165) is 42.9 Å². The second-order valence-corrected chi connectivity index (χ2v) is 9.21. The summed E-state index contributed by atoms with van der Waals surface area (Å²) in [4.78, 5) is 37.3. The molecule has 0 aliphatic carbocycles. The molecular formula is C26H30N6O2. The summed E-state index contributed by atoms with van der Waals surface area (Å²) >= 11 is 0. The minimum absolute atomic E-state index is 0.0859. The summed E-state index contributed by atoms with van der Waals surface area (Å²) in [6, 6.07) is 15.5. The molecule has 176 valence electrons. The molecule has 2 aromatic heterocycles. The van der Waals surface area contributed by atoms with Crippen molar-refractivity contribution in [3.63, 3.8) is 0 Å². The Labute approximate surface area is 199 Å². The summed E-state index contributed by atoms with van der Waals surface area (Å²) in [7, 11) is 1.91. The zero-order valence-corrected chi connectivity index (χ0v) is 19.5. The van der Waals surface area contributed by atoms with E-state index in [9.17, 15) is 9.59 Å². The molecule has 5 rings (SSSR count). The number of piperidine rings is 1. The third-order valence-corrected chi connectivity index (χ3v) is 6.98. The number of amides is 3. The van der Waals surface area contributed by atoms with E-state index in [1.165, 1.54) is 4.90 Å². The third kappa shape index (κ3) is 4.33. The highest BCUT2D eigenvalue weighted by molar-refractivity contribution is 6.07. The number of hydrogen-bond donors (Lipinski definition) is 0. The lowest BCUT2D eigenvalue weighted by molar-refractivity contribution is -0.136. The molecule has 0 N–H and O–H groups in total. The van der Waals surface area contributed by atoms with Crippen molar-refractivity contribution in [3.8, 4) is 0 Å². The van der Waals surface area contributed by atoms with Gasteiger partial charge in [-0.1, -0.05) is 36.4 Å². The van der Waals surface area contributed by atoms with Crippen LogP contribution < -0.4 is 0 Å². The Morgan fingerprint density at radius 3 is 2.38 bits per heavy atom. The van der Waals surface area contributed by atoms with Crippen LogP contribution in [0.15, 0.2) is 67.1 Å². The first-order valence-electron chi connectivity index (χ1n) is 11.8. The number of benzene rings is 1. The maximum Gasteiger partial charge on any atom is 0.328 e. The molecule has 0 atom stereocenters. The number of pyridine rings is 1. The molecular weight excluding hydrogens is 428 g/mol. The fourth-order valence-electron chi connectivity index (χ4n) is 5.15. The molecule has 3 aromatic rings. The molecule has 0 unspecified atom stereocenters. The van der Waals surface area contributed by atoms with E-state index in [2.05, 4.69) is 27.1 Å². The Morgan fingerprint density at radius 1 is 0.941 bits per heavy atom. The van der Waals surface area contributed by atoms with E-state index in [0.29, 0.717) is 19.4 Å². The average molecular weight is 459 g/mol. The second-order valence-electron chi connectivity index (χ2n) is 9.21. The van der Waals surface area contributed by atoms with Gasteiger partial charge in [0.25, 0.3) is 5.91 Å². The summed E-state index contributed by atoms with van der Waals surface area (Å²) in [5.41, 5.74) is 2.25. The summed E-state index contributed by atoms with van der Waals surface area (Å²) in [5, 5.41) is 4.26. The molecule has 1 spiro atoms. The van der Waals surface area contributed by atoms with Crippen molar-refractivity contribution in [1.82, 2.24) is 29.5 Å². The van der Waals surface area contributed by atoms with E-state index < -0.39 is 5.54 Å². The molecule has 0 radical (unpaired) electrons. The van der Waals surface area contributed by atoms with Crippen LogP contribution in [0.2, 0.25) is 0 Å². The molecule has 34 heavy (non-hydrogen) atoms.